The van der Waals surface area contributed by atoms with Crippen molar-refractivity contribution in [2.75, 3.05) is 13.1 Å². The van der Waals surface area contributed by atoms with Crippen LogP contribution in [0.1, 0.15) is 18.7 Å². The van der Waals surface area contributed by atoms with Crippen molar-refractivity contribution >= 4 is 11.8 Å². The van der Waals surface area contributed by atoms with Crippen molar-refractivity contribution in [3.05, 3.63) is 65.9 Å². The van der Waals surface area contributed by atoms with E-state index in [4.69, 9.17) is 4.52 Å². The normalized spacial score (nSPS) is 16.8. The van der Waals surface area contributed by atoms with Gasteiger partial charge < -0.3 is 19.9 Å². The highest BCUT2D eigenvalue weighted by Crippen LogP contribution is 2.27. The minimum Gasteiger partial charge on any atom is -0.406 e. The topological polar surface area (TPSA) is 131 Å². The van der Waals surface area contributed by atoms with Crippen LogP contribution in [0, 0.1) is 5.92 Å². The molecule has 36 heavy (non-hydrogen) atoms. The molecule has 4 rings (SSSR count). The van der Waals surface area contributed by atoms with Crippen molar-refractivity contribution in [1.29, 1.82) is 0 Å². The van der Waals surface area contributed by atoms with Gasteiger partial charge in [0.05, 0.1) is 5.92 Å². The van der Waals surface area contributed by atoms with Crippen molar-refractivity contribution in [3.63, 3.8) is 0 Å². The lowest BCUT2D eigenvalue weighted by atomic mass is 9.93. The molecule has 0 radical (unpaired) electrons. The molecule has 10 nitrogen and oxygen atoms in total. The second-order valence-electron chi connectivity index (χ2n) is 7.78. The number of azo groups is 1. The summed E-state index contributed by atoms with van der Waals surface area (Å²) in [5, 5.41) is 17.2. The fraction of sp³-hybridized carbons (Fsp3) is 0.304. The molecule has 1 aromatic heterocycles. The fourth-order valence-corrected chi connectivity index (χ4v) is 3.49. The standard InChI is InChI=1S/C23H21F3N6O4/c24-23(25,26)35-15-10-8-14(9-11-15)20-29-19(36-32-20)7-3-6-18(33)27-12-13-28-21-16-4-1-2-5-17(16)22(34)31-30-21/h1-2,4-5,8-11,17,28H,3,6-7,12-13H2,(H,27,33). The first-order valence-electron chi connectivity index (χ1n) is 11.0. The Labute approximate surface area is 203 Å². The summed E-state index contributed by atoms with van der Waals surface area (Å²) in [7, 11) is 0. The number of halogens is 3. The first kappa shape index (κ1) is 24.8. The lowest BCUT2D eigenvalue weighted by Crippen LogP contribution is -2.32. The molecule has 2 heterocycles. The van der Waals surface area contributed by atoms with Crippen molar-refractivity contribution in [2.45, 2.75) is 25.6 Å². The number of amides is 2. The van der Waals surface area contributed by atoms with Gasteiger partial charge in [-0.05, 0) is 30.7 Å². The third-order valence-electron chi connectivity index (χ3n) is 5.16. The molecule has 2 aromatic rings. The second kappa shape index (κ2) is 11.0. The van der Waals surface area contributed by atoms with Gasteiger partial charge in [-0.2, -0.15) is 4.98 Å². The average Bonchev–Trinajstić information content (AvgIpc) is 3.32. The molecular weight excluding hydrogens is 481 g/mol. The van der Waals surface area contributed by atoms with E-state index >= 15 is 0 Å². The molecule has 1 aliphatic carbocycles. The molecule has 1 unspecified atom stereocenters. The van der Waals surface area contributed by atoms with Crippen molar-refractivity contribution in [2.24, 2.45) is 16.1 Å². The quantitative estimate of drug-likeness (QED) is 0.475. The Morgan fingerprint density at radius 2 is 1.92 bits per heavy atom. The summed E-state index contributed by atoms with van der Waals surface area (Å²) >= 11 is 0. The van der Waals surface area contributed by atoms with Crippen LogP contribution in [0.25, 0.3) is 11.4 Å². The summed E-state index contributed by atoms with van der Waals surface area (Å²) in [6.07, 6.45) is 3.46. The van der Waals surface area contributed by atoms with Gasteiger partial charge in [-0.25, -0.2) is 0 Å². The molecule has 1 aromatic carbocycles. The van der Waals surface area contributed by atoms with E-state index in [0.717, 1.165) is 17.7 Å². The third kappa shape index (κ3) is 6.64. The number of carbonyl (C=O) groups excluding carboxylic acids is 2. The number of aryl methyl sites for hydroxylation is 1. The SMILES string of the molecule is O=C(CCCc1nc(-c2ccc(OC(F)(F)F)cc2)no1)NCCNC1=C2C=CC=CC2C(=O)N=N1. The van der Waals surface area contributed by atoms with Gasteiger partial charge in [0, 0.05) is 37.1 Å². The summed E-state index contributed by atoms with van der Waals surface area (Å²) < 4.78 is 45.8. The number of carbonyl (C=O) groups is 2. The van der Waals surface area contributed by atoms with Crippen LogP contribution >= 0.6 is 0 Å². The summed E-state index contributed by atoms with van der Waals surface area (Å²) in [4.78, 5) is 28.1. The first-order chi connectivity index (χ1) is 17.3. The van der Waals surface area contributed by atoms with Crippen LogP contribution in [-0.4, -0.2) is 41.4 Å². The molecule has 0 bridgehead atoms. The van der Waals surface area contributed by atoms with E-state index in [9.17, 15) is 22.8 Å². The van der Waals surface area contributed by atoms with E-state index in [2.05, 4.69) is 35.7 Å². The lowest BCUT2D eigenvalue weighted by molar-refractivity contribution is -0.274. The summed E-state index contributed by atoms with van der Waals surface area (Å²) in [5.41, 5.74) is 1.21. The van der Waals surface area contributed by atoms with Crippen LogP contribution < -0.4 is 15.4 Å². The fourth-order valence-electron chi connectivity index (χ4n) is 3.49. The predicted octanol–water partition coefficient (Wildman–Crippen LogP) is 3.61. The van der Waals surface area contributed by atoms with E-state index in [1.165, 1.54) is 12.1 Å². The van der Waals surface area contributed by atoms with E-state index in [1.54, 1.807) is 12.2 Å². The maximum atomic E-state index is 12.3. The predicted molar refractivity (Wildman–Crippen MR) is 119 cm³/mol. The first-order valence-corrected chi connectivity index (χ1v) is 11.0. The van der Waals surface area contributed by atoms with Gasteiger partial charge in [-0.3, -0.25) is 9.59 Å². The Kier molecular flexibility index (Phi) is 7.56. The maximum absolute atomic E-state index is 12.3. The summed E-state index contributed by atoms with van der Waals surface area (Å²) in [6.45, 7) is 0.754. The Hall–Kier alpha value is -4.29. The molecule has 1 aliphatic heterocycles. The van der Waals surface area contributed by atoms with Gasteiger partial charge in [0.2, 0.25) is 17.6 Å². The molecule has 13 heteroatoms. The number of hydrogen-bond acceptors (Lipinski definition) is 8. The molecule has 1 atom stereocenters. The van der Waals surface area contributed by atoms with Crippen molar-refractivity contribution in [1.82, 2.24) is 20.8 Å². The highest BCUT2D eigenvalue weighted by molar-refractivity contribution is 5.86. The number of fused-ring (bicyclic) bond motifs is 1. The zero-order valence-corrected chi connectivity index (χ0v) is 18.8. The van der Waals surface area contributed by atoms with Crippen LogP contribution in [0.15, 0.2) is 74.7 Å². The minimum absolute atomic E-state index is 0.159. The van der Waals surface area contributed by atoms with Gasteiger partial charge >= 0.3 is 6.36 Å². The highest BCUT2D eigenvalue weighted by atomic mass is 19.4. The zero-order valence-electron chi connectivity index (χ0n) is 18.8. The molecule has 0 saturated heterocycles. The Balaban J connectivity index is 1.16. The summed E-state index contributed by atoms with van der Waals surface area (Å²) in [5.74, 6) is -0.216. The molecular formula is C23H21F3N6O4. The largest absolute Gasteiger partial charge is 0.573 e. The zero-order chi connectivity index (χ0) is 25.5. The van der Waals surface area contributed by atoms with Crippen LogP contribution in [-0.2, 0) is 16.0 Å². The number of hydrogen-bond donors (Lipinski definition) is 2. The molecule has 0 saturated carbocycles. The maximum Gasteiger partial charge on any atom is 0.573 e. The number of aromatic nitrogens is 2. The average molecular weight is 502 g/mol. The van der Waals surface area contributed by atoms with E-state index in [0.29, 0.717) is 43.2 Å². The van der Waals surface area contributed by atoms with Gasteiger partial charge in [-0.15, -0.1) is 23.4 Å². The van der Waals surface area contributed by atoms with Gasteiger partial charge in [0.1, 0.15) is 5.75 Å². The summed E-state index contributed by atoms with van der Waals surface area (Å²) in [6, 6.07) is 5.10. The number of alkyl halides is 3. The second-order valence-corrected chi connectivity index (χ2v) is 7.78. The van der Waals surface area contributed by atoms with E-state index in [1.807, 2.05) is 12.2 Å². The number of ether oxygens (including phenoxy) is 1. The molecule has 2 aliphatic rings. The minimum atomic E-state index is -4.77. The smallest absolute Gasteiger partial charge is 0.406 e. The third-order valence-corrected chi connectivity index (χ3v) is 5.16. The van der Waals surface area contributed by atoms with Crippen LogP contribution in [0.4, 0.5) is 13.2 Å². The Morgan fingerprint density at radius 3 is 2.69 bits per heavy atom. The number of nitrogens with zero attached hydrogens (tertiary/aromatic N) is 4. The van der Waals surface area contributed by atoms with E-state index in [-0.39, 0.29) is 29.8 Å². The molecule has 0 fully saturated rings. The van der Waals surface area contributed by atoms with E-state index < -0.39 is 12.3 Å². The number of benzene rings is 1. The highest BCUT2D eigenvalue weighted by Gasteiger charge is 2.31. The van der Waals surface area contributed by atoms with Crippen molar-refractivity contribution in [3.8, 4) is 17.1 Å². The molecule has 188 valence electrons. The number of nitrogens with one attached hydrogen (secondary N) is 2. The van der Waals surface area contributed by atoms with Crippen molar-refractivity contribution < 1.29 is 32.0 Å². The molecule has 2 amide bonds. The Morgan fingerprint density at radius 1 is 1.11 bits per heavy atom. The van der Waals surface area contributed by atoms with Gasteiger partial charge in [-0.1, -0.05) is 29.5 Å². The molecule has 0 spiro atoms. The van der Waals surface area contributed by atoms with Crippen LogP contribution in [0.2, 0.25) is 0 Å². The van der Waals surface area contributed by atoms with Gasteiger partial charge in [0.25, 0.3) is 5.91 Å². The number of rotatable bonds is 10. The van der Waals surface area contributed by atoms with Crippen LogP contribution in [0.3, 0.4) is 0 Å². The lowest BCUT2D eigenvalue weighted by Gasteiger charge is -2.20. The van der Waals surface area contributed by atoms with Crippen LogP contribution in [0.5, 0.6) is 5.75 Å². The Bertz CT molecular complexity index is 1230. The number of allylic oxidation sites excluding steroid dienone is 3. The molecule has 2 N–H and O–H groups in total. The monoisotopic (exact) mass is 502 g/mol. The van der Waals surface area contributed by atoms with Gasteiger partial charge in [0.15, 0.2) is 5.82 Å².